The van der Waals surface area contributed by atoms with Crippen LogP contribution in [-0.4, -0.2) is 29.9 Å². The van der Waals surface area contributed by atoms with Gasteiger partial charge in [-0.15, -0.1) is 5.10 Å². The van der Waals surface area contributed by atoms with Crippen molar-refractivity contribution >= 4 is 33.4 Å². The van der Waals surface area contributed by atoms with Crippen LogP contribution in [0.25, 0.3) is 33.5 Å². The minimum absolute atomic E-state index is 0.581. The van der Waals surface area contributed by atoms with Crippen molar-refractivity contribution in [1.82, 2.24) is 29.9 Å². The molecule has 7 nitrogen and oxygen atoms in total. The van der Waals surface area contributed by atoms with Gasteiger partial charge in [0.15, 0.2) is 5.82 Å². The molecule has 27 heavy (non-hydrogen) atoms. The van der Waals surface area contributed by atoms with Gasteiger partial charge in [0.25, 0.3) is 0 Å². The molecule has 0 spiro atoms. The molecule has 5 aromatic rings. The predicted octanol–water partition coefficient (Wildman–Crippen LogP) is 3.72. The molecule has 1 N–H and O–H groups in total. The number of pyridine rings is 1. The highest BCUT2D eigenvalue weighted by atomic mass is 15.4. The first kappa shape index (κ1) is 15.4. The van der Waals surface area contributed by atoms with Crippen LogP contribution >= 0.6 is 0 Å². The molecule has 3 heterocycles. The maximum absolute atomic E-state index is 4.73. The van der Waals surface area contributed by atoms with Gasteiger partial charge in [0.05, 0.1) is 11.0 Å². The molecule has 3 aromatic heterocycles. The van der Waals surface area contributed by atoms with Crippen LogP contribution in [0.5, 0.6) is 0 Å². The van der Waals surface area contributed by atoms with E-state index in [1.54, 1.807) is 10.9 Å². The molecule has 0 amide bonds. The van der Waals surface area contributed by atoms with Crippen LogP contribution in [0.2, 0.25) is 0 Å². The van der Waals surface area contributed by atoms with E-state index < -0.39 is 0 Å². The van der Waals surface area contributed by atoms with E-state index in [0.717, 1.165) is 39.1 Å². The molecular weight excluding hydrogens is 338 g/mol. The van der Waals surface area contributed by atoms with Crippen molar-refractivity contribution in [2.75, 3.05) is 5.32 Å². The Balaban J connectivity index is 1.64. The molecule has 0 bridgehead atoms. The van der Waals surface area contributed by atoms with Crippen molar-refractivity contribution in [3.63, 3.8) is 0 Å². The van der Waals surface area contributed by atoms with E-state index >= 15 is 0 Å². The first-order valence-corrected chi connectivity index (χ1v) is 8.52. The smallest absolute Gasteiger partial charge is 0.180 e. The Kier molecular flexibility index (Phi) is 3.50. The van der Waals surface area contributed by atoms with Gasteiger partial charge in [0.1, 0.15) is 17.0 Å². The van der Waals surface area contributed by atoms with Crippen molar-refractivity contribution in [1.29, 1.82) is 0 Å². The number of hydrogen-bond acceptors (Lipinski definition) is 6. The number of aryl methyl sites for hydroxylation is 1. The van der Waals surface area contributed by atoms with Crippen LogP contribution in [0.15, 0.2) is 66.9 Å². The van der Waals surface area contributed by atoms with E-state index in [1.807, 2.05) is 67.7 Å². The Labute approximate surface area is 154 Å². The molecule has 0 aliphatic carbocycles. The van der Waals surface area contributed by atoms with Crippen molar-refractivity contribution in [2.24, 2.45) is 7.05 Å². The molecule has 5 rings (SSSR count). The third-order valence-corrected chi connectivity index (χ3v) is 4.37. The number of hydrogen-bond donors (Lipinski definition) is 1. The molecule has 0 unspecified atom stereocenters. The van der Waals surface area contributed by atoms with Gasteiger partial charge in [-0.1, -0.05) is 23.4 Å². The fraction of sp³-hybridized carbons (Fsp3) is 0.0500. The van der Waals surface area contributed by atoms with Crippen molar-refractivity contribution < 1.29 is 0 Å². The number of para-hydroxylation sites is 1. The van der Waals surface area contributed by atoms with Gasteiger partial charge in [-0.2, -0.15) is 0 Å². The van der Waals surface area contributed by atoms with Gasteiger partial charge in [0, 0.05) is 24.3 Å². The molecule has 0 aliphatic rings. The fourth-order valence-electron chi connectivity index (χ4n) is 3.04. The summed E-state index contributed by atoms with van der Waals surface area (Å²) in [5.74, 6) is 1.31. The number of nitrogens with zero attached hydrogens (tertiary/aromatic N) is 6. The van der Waals surface area contributed by atoms with Gasteiger partial charge in [-0.3, -0.25) is 4.98 Å². The summed E-state index contributed by atoms with van der Waals surface area (Å²) in [6.07, 6.45) is 1.74. The first-order valence-electron chi connectivity index (χ1n) is 8.52. The van der Waals surface area contributed by atoms with Crippen LogP contribution < -0.4 is 5.32 Å². The number of fused-ring (bicyclic) bond motifs is 2. The van der Waals surface area contributed by atoms with Crippen molar-refractivity contribution in [3.8, 4) is 11.5 Å². The summed E-state index contributed by atoms with van der Waals surface area (Å²) in [6, 6.07) is 19.6. The molecule has 2 aromatic carbocycles. The van der Waals surface area contributed by atoms with Gasteiger partial charge >= 0.3 is 0 Å². The van der Waals surface area contributed by atoms with E-state index in [9.17, 15) is 0 Å². The molecule has 7 heteroatoms. The maximum atomic E-state index is 4.73. The topological polar surface area (TPSA) is 81.4 Å². The molecule has 0 aliphatic heterocycles. The monoisotopic (exact) mass is 353 g/mol. The average molecular weight is 353 g/mol. The highest BCUT2D eigenvalue weighted by Crippen LogP contribution is 2.27. The van der Waals surface area contributed by atoms with E-state index in [1.165, 1.54) is 0 Å². The van der Waals surface area contributed by atoms with Crippen LogP contribution in [0.1, 0.15) is 0 Å². The summed E-state index contributed by atoms with van der Waals surface area (Å²) in [7, 11) is 1.87. The van der Waals surface area contributed by atoms with Crippen molar-refractivity contribution in [2.45, 2.75) is 0 Å². The Morgan fingerprint density at radius 3 is 2.67 bits per heavy atom. The van der Waals surface area contributed by atoms with Gasteiger partial charge in [-0.05, 0) is 42.5 Å². The quantitative estimate of drug-likeness (QED) is 0.532. The summed E-state index contributed by atoms with van der Waals surface area (Å²) in [6.45, 7) is 0. The second-order valence-electron chi connectivity index (χ2n) is 6.17. The summed E-state index contributed by atoms with van der Waals surface area (Å²) >= 11 is 0. The lowest BCUT2D eigenvalue weighted by Crippen LogP contribution is -2.00. The Morgan fingerprint density at radius 2 is 1.78 bits per heavy atom. The molecule has 0 atom stereocenters. The summed E-state index contributed by atoms with van der Waals surface area (Å²) in [4.78, 5) is 13.8. The Hall–Kier alpha value is -3.87. The minimum Gasteiger partial charge on any atom is -0.340 e. The second-order valence-corrected chi connectivity index (χ2v) is 6.17. The lowest BCUT2D eigenvalue weighted by molar-refractivity contribution is 0.736. The van der Waals surface area contributed by atoms with Gasteiger partial charge in [-0.25, -0.2) is 14.6 Å². The second kappa shape index (κ2) is 6.14. The van der Waals surface area contributed by atoms with E-state index in [4.69, 9.17) is 4.98 Å². The summed E-state index contributed by atoms with van der Waals surface area (Å²) in [5, 5.41) is 12.6. The van der Waals surface area contributed by atoms with Crippen molar-refractivity contribution in [3.05, 3.63) is 66.9 Å². The van der Waals surface area contributed by atoms with Crippen LogP contribution in [-0.2, 0) is 7.05 Å². The Bertz CT molecular complexity index is 1260. The third kappa shape index (κ3) is 2.75. The minimum atomic E-state index is 0.581. The SMILES string of the molecule is Cn1nnc2cc(Nc3nc(-c4ccccn4)nc4ccccc34)ccc21. The number of aromatic nitrogens is 6. The van der Waals surface area contributed by atoms with E-state index in [-0.39, 0.29) is 0 Å². The lowest BCUT2D eigenvalue weighted by atomic mass is 10.2. The lowest BCUT2D eigenvalue weighted by Gasteiger charge is -2.11. The zero-order valence-corrected chi connectivity index (χ0v) is 14.5. The summed E-state index contributed by atoms with van der Waals surface area (Å²) in [5.41, 5.74) is 4.28. The first-order chi connectivity index (χ1) is 13.3. The molecule has 130 valence electrons. The molecule has 0 saturated heterocycles. The third-order valence-electron chi connectivity index (χ3n) is 4.37. The highest BCUT2D eigenvalue weighted by molar-refractivity contribution is 5.92. The number of anilines is 2. The van der Waals surface area contributed by atoms with Crippen LogP contribution in [0.4, 0.5) is 11.5 Å². The maximum Gasteiger partial charge on any atom is 0.180 e. The largest absolute Gasteiger partial charge is 0.340 e. The highest BCUT2D eigenvalue weighted by Gasteiger charge is 2.11. The number of benzene rings is 2. The zero-order valence-electron chi connectivity index (χ0n) is 14.5. The molecule has 0 radical (unpaired) electrons. The fourth-order valence-corrected chi connectivity index (χ4v) is 3.04. The molecule has 0 saturated carbocycles. The summed E-state index contributed by atoms with van der Waals surface area (Å²) < 4.78 is 1.75. The van der Waals surface area contributed by atoms with E-state index in [0.29, 0.717) is 5.82 Å². The van der Waals surface area contributed by atoms with Gasteiger partial charge in [0.2, 0.25) is 0 Å². The molecular formula is C20H15N7. The van der Waals surface area contributed by atoms with Crippen LogP contribution in [0.3, 0.4) is 0 Å². The predicted molar refractivity (Wildman–Crippen MR) is 105 cm³/mol. The zero-order chi connectivity index (χ0) is 18.2. The van der Waals surface area contributed by atoms with Gasteiger partial charge < -0.3 is 5.32 Å². The normalized spacial score (nSPS) is 11.1. The Morgan fingerprint density at radius 1 is 0.889 bits per heavy atom. The molecule has 0 fully saturated rings. The van der Waals surface area contributed by atoms with Crippen LogP contribution in [0, 0.1) is 0 Å². The number of nitrogens with one attached hydrogen (secondary N) is 1. The van der Waals surface area contributed by atoms with E-state index in [2.05, 4.69) is 25.6 Å². The average Bonchev–Trinajstić information content (AvgIpc) is 3.09. The number of rotatable bonds is 3. The standard InChI is InChI=1S/C20H15N7/c1-27-18-10-9-13(12-17(18)25-26-27)22-19-14-6-2-3-7-15(14)23-20(24-19)16-8-4-5-11-21-16/h2-12H,1H3,(H,22,23,24).